The summed E-state index contributed by atoms with van der Waals surface area (Å²) < 4.78 is 1.88. The van der Waals surface area contributed by atoms with E-state index < -0.39 is 0 Å². The minimum Gasteiger partial charge on any atom is -0.333 e. The van der Waals surface area contributed by atoms with Gasteiger partial charge in [-0.15, -0.1) is 0 Å². The molecule has 0 saturated carbocycles. The normalized spacial score (nSPS) is 11.7. The van der Waals surface area contributed by atoms with Gasteiger partial charge in [-0.3, -0.25) is 9.59 Å². The van der Waals surface area contributed by atoms with Gasteiger partial charge in [-0.1, -0.05) is 24.3 Å². The molecule has 8 nitrogen and oxygen atoms in total. The van der Waals surface area contributed by atoms with E-state index >= 15 is 0 Å². The van der Waals surface area contributed by atoms with Crippen LogP contribution in [0.3, 0.4) is 0 Å². The topological polar surface area (TPSA) is 96.2 Å². The molecule has 0 bridgehead atoms. The maximum atomic E-state index is 13.3. The minimum absolute atomic E-state index is 0.000306. The third-order valence-electron chi connectivity index (χ3n) is 6.53. The minimum atomic E-state index is -0.195. The third kappa shape index (κ3) is 4.16. The fourth-order valence-corrected chi connectivity index (χ4v) is 4.64. The number of benzene rings is 2. The first-order valence-corrected chi connectivity index (χ1v) is 11.8. The summed E-state index contributed by atoms with van der Waals surface area (Å²) >= 11 is 0. The molecule has 0 radical (unpaired) electrons. The number of aromatic amines is 1. The Hall–Kier alpha value is -4.07. The van der Waals surface area contributed by atoms with Crippen molar-refractivity contribution in [2.45, 2.75) is 53.1 Å². The van der Waals surface area contributed by atoms with Crippen molar-refractivity contribution in [1.82, 2.24) is 29.5 Å². The number of hydrogen-bond acceptors (Lipinski definition) is 5. The van der Waals surface area contributed by atoms with E-state index in [9.17, 15) is 9.59 Å². The van der Waals surface area contributed by atoms with Crippen molar-refractivity contribution >= 4 is 33.4 Å². The number of nitrogens with zero attached hydrogens (tertiary/aromatic N) is 5. The number of carbonyl (C=O) groups excluding carboxylic acids is 1. The monoisotopic (exact) mass is 468 g/mol. The predicted molar refractivity (Wildman–Crippen MR) is 136 cm³/mol. The molecule has 178 valence electrons. The van der Waals surface area contributed by atoms with Crippen LogP contribution in [0.4, 0.5) is 0 Å². The van der Waals surface area contributed by atoms with Crippen LogP contribution in [0, 0.1) is 13.8 Å². The van der Waals surface area contributed by atoms with Gasteiger partial charge in [0.1, 0.15) is 5.82 Å². The average molecular weight is 469 g/mol. The van der Waals surface area contributed by atoms with Gasteiger partial charge in [-0.2, -0.15) is 5.10 Å². The SMILES string of the molecule is Cc1nc2c3ccccc3nn2c(C)c1CCC(=O)N(Cc1nc2ccccc2c(=O)[nH]1)C(C)C. The molecule has 0 atom stereocenters. The standard InChI is InChI=1S/C27H28N6O2/c1-16(2)32(15-24-29-22-11-7-6-10-21(22)27(35)30-24)25(34)14-13-19-17(3)28-26-20-9-5-8-12-23(20)31-33(26)18(19)4/h5-12,16H,13-15H2,1-4H3,(H,29,30,35). The molecule has 0 saturated heterocycles. The Morgan fingerprint density at radius 3 is 2.43 bits per heavy atom. The molecule has 5 aromatic rings. The van der Waals surface area contributed by atoms with Crippen LogP contribution in [0.1, 0.15) is 43.0 Å². The molecule has 0 aliphatic rings. The van der Waals surface area contributed by atoms with Crippen molar-refractivity contribution in [3.8, 4) is 0 Å². The fourth-order valence-electron chi connectivity index (χ4n) is 4.64. The second-order valence-electron chi connectivity index (χ2n) is 9.16. The first-order chi connectivity index (χ1) is 16.8. The average Bonchev–Trinajstić information content (AvgIpc) is 3.21. The van der Waals surface area contributed by atoms with Gasteiger partial charge in [0.05, 0.1) is 23.0 Å². The molecule has 5 rings (SSSR count). The molecule has 2 aromatic carbocycles. The molecule has 3 heterocycles. The summed E-state index contributed by atoms with van der Waals surface area (Å²) in [6, 6.07) is 15.1. The van der Waals surface area contributed by atoms with Gasteiger partial charge in [0.15, 0.2) is 5.65 Å². The van der Waals surface area contributed by atoms with Gasteiger partial charge in [0.25, 0.3) is 5.56 Å². The lowest BCUT2D eigenvalue weighted by Gasteiger charge is -2.26. The van der Waals surface area contributed by atoms with E-state index in [4.69, 9.17) is 10.1 Å². The van der Waals surface area contributed by atoms with Gasteiger partial charge < -0.3 is 9.88 Å². The third-order valence-corrected chi connectivity index (χ3v) is 6.53. The molecular formula is C27H28N6O2. The lowest BCUT2D eigenvalue weighted by Crippen LogP contribution is -2.37. The summed E-state index contributed by atoms with van der Waals surface area (Å²) in [5.41, 5.74) is 5.09. The highest BCUT2D eigenvalue weighted by Crippen LogP contribution is 2.23. The quantitative estimate of drug-likeness (QED) is 0.405. The highest BCUT2D eigenvalue weighted by molar-refractivity contribution is 5.92. The summed E-state index contributed by atoms with van der Waals surface area (Å²) in [4.78, 5) is 39.7. The molecule has 0 unspecified atom stereocenters. The second-order valence-corrected chi connectivity index (χ2v) is 9.16. The zero-order valence-corrected chi connectivity index (χ0v) is 20.4. The van der Waals surface area contributed by atoms with Crippen LogP contribution < -0.4 is 5.56 Å². The molecule has 0 aliphatic heterocycles. The Bertz CT molecular complexity index is 1630. The summed E-state index contributed by atoms with van der Waals surface area (Å²) in [5.74, 6) is 0.481. The Kier molecular flexibility index (Phi) is 5.80. The first-order valence-electron chi connectivity index (χ1n) is 11.8. The number of fused-ring (bicyclic) bond motifs is 4. The molecule has 1 N–H and O–H groups in total. The molecule has 3 aromatic heterocycles. The van der Waals surface area contributed by atoms with E-state index in [-0.39, 0.29) is 24.1 Å². The van der Waals surface area contributed by atoms with Crippen molar-refractivity contribution in [2.75, 3.05) is 0 Å². The van der Waals surface area contributed by atoms with E-state index in [0.717, 1.165) is 33.5 Å². The zero-order chi connectivity index (χ0) is 24.7. The smallest absolute Gasteiger partial charge is 0.258 e. The Labute approximate surface area is 202 Å². The number of rotatable bonds is 6. The second kappa shape index (κ2) is 8.94. The Balaban J connectivity index is 1.39. The fraction of sp³-hybridized carbons (Fsp3) is 0.296. The summed E-state index contributed by atoms with van der Waals surface area (Å²) in [7, 11) is 0. The molecule has 1 amide bonds. The van der Waals surface area contributed by atoms with E-state index in [1.165, 1.54) is 0 Å². The maximum Gasteiger partial charge on any atom is 0.258 e. The molecule has 0 aliphatic carbocycles. The summed E-state index contributed by atoms with van der Waals surface area (Å²) in [6.45, 7) is 8.19. The zero-order valence-electron chi connectivity index (χ0n) is 20.4. The Morgan fingerprint density at radius 1 is 1.00 bits per heavy atom. The van der Waals surface area contributed by atoms with Crippen LogP contribution in [0.25, 0.3) is 27.5 Å². The number of hydrogen-bond donors (Lipinski definition) is 1. The van der Waals surface area contributed by atoms with Gasteiger partial charge in [0, 0.05) is 29.2 Å². The highest BCUT2D eigenvalue weighted by Gasteiger charge is 2.21. The van der Waals surface area contributed by atoms with Crippen LogP contribution in [0.5, 0.6) is 0 Å². The molecule has 8 heteroatoms. The molecule has 0 spiro atoms. The molecule has 0 fully saturated rings. The van der Waals surface area contributed by atoms with Crippen molar-refractivity contribution in [3.05, 3.63) is 81.7 Å². The number of aromatic nitrogens is 5. The van der Waals surface area contributed by atoms with Gasteiger partial charge in [-0.25, -0.2) is 14.5 Å². The van der Waals surface area contributed by atoms with Crippen LogP contribution in [-0.2, 0) is 17.8 Å². The van der Waals surface area contributed by atoms with E-state index in [1.807, 2.05) is 74.7 Å². The lowest BCUT2D eigenvalue weighted by atomic mass is 10.1. The van der Waals surface area contributed by atoms with E-state index in [0.29, 0.717) is 29.6 Å². The summed E-state index contributed by atoms with van der Waals surface area (Å²) in [5, 5.41) is 6.27. The van der Waals surface area contributed by atoms with Crippen LogP contribution >= 0.6 is 0 Å². The largest absolute Gasteiger partial charge is 0.333 e. The van der Waals surface area contributed by atoms with Gasteiger partial charge >= 0.3 is 0 Å². The number of aryl methyl sites for hydroxylation is 2. The van der Waals surface area contributed by atoms with Crippen molar-refractivity contribution in [1.29, 1.82) is 0 Å². The van der Waals surface area contributed by atoms with Gasteiger partial charge in [-0.05, 0) is 63.9 Å². The number of amides is 1. The maximum absolute atomic E-state index is 13.3. The number of para-hydroxylation sites is 1. The highest BCUT2D eigenvalue weighted by atomic mass is 16.2. The van der Waals surface area contributed by atoms with E-state index in [2.05, 4.69) is 9.97 Å². The first kappa shape index (κ1) is 22.7. The Morgan fingerprint density at radius 2 is 1.69 bits per heavy atom. The van der Waals surface area contributed by atoms with Crippen molar-refractivity contribution in [3.63, 3.8) is 0 Å². The van der Waals surface area contributed by atoms with Crippen LogP contribution in [0.2, 0.25) is 0 Å². The number of carbonyl (C=O) groups is 1. The predicted octanol–water partition coefficient (Wildman–Crippen LogP) is 4.11. The van der Waals surface area contributed by atoms with Gasteiger partial charge in [0.2, 0.25) is 5.91 Å². The summed E-state index contributed by atoms with van der Waals surface area (Å²) in [6.07, 6.45) is 0.881. The lowest BCUT2D eigenvalue weighted by molar-refractivity contribution is -0.133. The van der Waals surface area contributed by atoms with Crippen LogP contribution in [-0.4, -0.2) is 41.4 Å². The molecule has 35 heavy (non-hydrogen) atoms. The number of H-pyrrole nitrogens is 1. The van der Waals surface area contributed by atoms with E-state index in [1.54, 1.807) is 11.0 Å². The molecular weight excluding hydrogens is 440 g/mol. The van der Waals surface area contributed by atoms with Crippen molar-refractivity contribution in [2.24, 2.45) is 0 Å². The van der Waals surface area contributed by atoms with Crippen LogP contribution in [0.15, 0.2) is 53.3 Å². The number of nitrogens with one attached hydrogen (secondary N) is 1. The van der Waals surface area contributed by atoms with Crippen molar-refractivity contribution < 1.29 is 4.79 Å².